The fourth-order valence-electron chi connectivity index (χ4n) is 1.27. The molecule has 2 rings (SSSR count). The van der Waals surface area contributed by atoms with E-state index in [1.165, 1.54) is 12.1 Å². The van der Waals surface area contributed by atoms with Gasteiger partial charge in [-0.3, -0.25) is 0 Å². The van der Waals surface area contributed by atoms with Crippen LogP contribution in [0.5, 0.6) is 5.75 Å². The highest BCUT2D eigenvalue weighted by Crippen LogP contribution is 2.20. The quantitative estimate of drug-likeness (QED) is 0.694. The Morgan fingerprint density at radius 1 is 1.38 bits per heavy atom. The Morgan fingerprint density at radius 2 is 2.23 bits per heavy atom. The van der Waals surface area contributed by atoms with Crippen molar-refractivity contribution in [1.82, 2.24) is 5.32 Å². The van der Waals surface area contributed by atoms with Gasteiger partial charge in [-0.2, -0.15) is 0 Å². The largest absolute Gasteiger partial charge is 0.492 e. The molecule has 0 bridgehead atoms. The van der Waals surface area contributed by atoms with E-state index >= 15 is 0 Å². The normalized spacial score (nSPS) is 14.8. The average molecular weight is 204 g/mol. The van der Waals surface area contributed by atoms with Crippen molar-refractivity contribution >= 4 is 12.4 Å². The molecule has 13 heavy (non-hydrogen) atoms. The molecule has 1 aliphatic heterocycles. The van der Waals surface area contributed by atoms with E-state index in [9.17, 15) is 4.39 Å². The Labute approximate surface area is 82.5 Å². The molecule has 0 unspecified atom stereocenters. The van der Waals surface area contributed by atoms with Crippen molar-refractivity contribution in [2.45, 2.75) is 6.54 Å². The maximum Gasteiger partial charge on any atom is 0.126 e. The van der Waals surface area contributed by atoms with Crippen molar-refractivity contribution in [2.24, 2.45) is 0 Å². The third-order valence-corrected chi connectivity index (χ3v) is 1.88. The Balaban J connectivity index is 0.000000845. The van der Waals surface area contributed by atoms with Crippen LogP contribution in [0.4, 0.5) is 4.39 Å². The Kier molecular flexibility index (Phi) is 3.51. The van der Waals surface area contributed by atoms with Gasteiger partial charge in [-0.05, 0) is 6.07 Å². The Hall–Kier alpha value is -0.800. The van der Waals surface area contributed by atoms with Crippen molar-refractivity contribution in [3.63, 3.8) is 0 Å². The summed E-state index contributed by atoms with van der Waals surface area (Å²) >= 11 is 0. The second kappa shape index (κ2) is 4.44. The van der Waals surface area contributed by atoms with E-state index in [1.54, 1.807) is 6.07 Å². The molecular formula is C9H11ClFNO. The Morgan fingerprint density at radius 3 is 3.08 bits per heavy atom. The minimum atomic E-state index is -0.240. The number of benzene rings is 1. The molecule has 72 valence electrons. The molecule has 0 saturated heterocycles. The first-order valence-corrected chi connectivity index (χ1v) is 3.98. The van der Waals surface area contributed by atoms with Crippen LogP contribution in [0.1, 0.15) is 5.56 Å². The van der Waals surface area contributed by atoms with Crippen molar-refractivity contribution < 1.29 is 9.13 Å². The lowest BCUT2D eigenvalue weighted by molar-refractivity contribution is 0.324. The first-order valence-electron chi connectivity index (χ1n) is 3.98. The van der Waals surface area contributed by atoms with Crippen molar-refractivity contribution in [1.29, 1.82) is 0 Å². The van der Waals surface area contributed by atoms with E-state index in [-0.39, 0.29) is 18.2 Å². The monoisotopic (exact) mass is 203 g/mol. The summed E-state index contributed by atoms with van der Waals surface area (Å²) in [5.41, 5.74) is 1.02. The lowest BCUT2D eigenvalue weighted by Gasteiger charge is -2.04. The first kappa shape index (κ1) is 10.3. The van der Waals surface area contributed by atoms with Crippen LogP contribution in [0.3, 0.4) is 0 Å². The van der Waals surface area contributed by atoms with Gasteiger partial charge in [0.15, 0.2) is 0 Å². The molecule has 0 fully saturated rings. The summed E-state index contributed by atoms with van der Waals surface area (Å²) in [6.07, 6.45) is 0. The van der Waals surface area contributed by atoms with Crippen molar-refractivity contribution in [2.75, 3.05) is 13.2 Å². The highest BCUT2D eigenvalue weighted by molar-refractivity contribution is 5.85. The third-order valence-electron chi connectivity index (χ3n) is 1.88. The minimum Gasteiger partial charge on any atom is -0.492 e. The molecule has 0 saturated carbocycles. The van der Waals surface area contributed by atoms with E-state index in [4.69, 9.17) is 4.74 Å². The molecule has 0 atom stereocenters. The zero-order valence-corrected chi connectivity index (χ0v) is 7.86. The van der Waals surface area contributed by atoms with Crippen molar-refractivity contribution in [3.05, 3.63) is 29.6 Å². The second-order valence-electron chi connectivity index (χ2n) is 2.78. The number of hydrogen-bond acceptors (Lipinski definition) is 2. The van der Waals surface area contributed by atoms with Gasteiger partial charge in [0.2, 0.25) is 0 Å². The van der Waals surface area contributed by atoms with Crippen LogP contribution in [0.15, 0.2) is 18.2 Å². The first-order chi connectivity index (χ1) is 5.86. The number of nitrogens with one attached hydrogen (secondary N) is 1. The third kappa shape index (κ3) is 2.32. The second-order valence-corrected chi connectivity index (χ2v) is 2.78. The summed E-state index contributed by atoms with van der Waals surface area (Å²) in [7, 11) is 0. The van der Waals surface area contributed by atoms with E-state index < -0.39 is 0 Å². The SMILES string of the molecule is Cl.Fc1ccc2c(c1)OCCNC2. The smallest absolute Gasteiger partial charge is 0.126 e. The van der Waals surface area contributed by atoms with Gasteiger partial charge in [0.1, 0.15) is 18.2 Å². The van der Waals surface area contributed by atoms with Gasteiger partial charge in [0.05, 0.1) is 0 Å². The summed E-state index contributed by atoms with van der Waals surface area (Å²) in [6, 6.07) is 4.64. The molecule has 4 heteroatoms. The molecule has 0 amide bonds. The maximum atomic E-state index is 12.7. The molecule has 1 aromatic carbocycles. The predicted molar refractivity (Wildman–Crippen MR) is 50.8 cm³/mol. The van der Waals surface area contributed by atoms with Gasteiger partial charge in [-0.15, -0.1) is 12.4 Å². The standard InChI is InChI=1S/C9H10FNO.ClH/c10-8-2-1-7-6-11-3-4-12-9(7)5-8;/h1-2,5,11H,3-4,6H2;1H. The highest BCUT2D eigenvalue weighted by Gasteiger charge is 2.08. The Bertz CT molecular complexity index is 293. The molecular weight excluding hydrogens is 193 g/mol. The summed E-state index contributed by atoms with van der Waals surface area (Å²) in [6.45, 7) is 2.18. The van der Waals surface area contributed by atoms with Crippen molar-refractivity contribution in [3.8, 4) is 5.75 Å². The molecule has 2 nitrogen and oxygen atoms in total. The lowest BCUT2D eigenvalue weighted by atomic mass is 10.2. The van der Waals surface area contributed by atoms with Crippen LogP contribution >= 0.6 is 12.4 Å². The van der Waals surface area contributed by atoms with Crippen LogP contribution < -0.4 is 10.1 Å². The van der Waals surface area contributed by atoms with Crippen LogP contribution in [0.25, 0.3) is 0 Å². The number of hydrogen-bond donors (Lipinski definition) is 1. The predicted octanol–water partition coefficient (Wildman–Crippen LogP) is 1.73. The van der Waals surface area contributed by atoms with E-state index in [0.29, 0.717) is 12.4 Å². The molecule has 1 aliphatic rings. The average Bonchev–Trinajstić information content (AvgIpc) is 2.28. The van der Waals surface area contributed by atoms with E-state index in [0.717, 1.165) is 18.7 Å². The van der Waals surface area contributed by atoms with Crippen LogP contribution in [-0.2, 0) is 6.54 Å². The van der Waals surface area contributed by atoms with Crippen LogP contribution in [0, 0.1) is 5.82 Å². The van der Waals surface area contributed by atoms with Crippen LogP contribution in [0.2, 0.25) is 0 Å². The zero-order chi connectivity index (χ0) is 8.39. The fraction of sp³-hybridized carbons (Fsp3) is 0.333. The summed E-state index contributed by atoms with van der Waals surface area (Å²) in [5.74, 6) is 0.427. The summed E-state index contributed by atoms with van der Waals surface area (Å²) in [4.78, 5) is 0. The number of fused-ring (bicyclic) bond motifs is 1. The highest BCUT2D eigenvalue weighted by atomic mass is 35.5. The molecule has 0 radical (unpaired) electrons. The van der Waals surface area contributed by atoms with Gasteiger partial charge in [-0.1, -0.05) is 6.07 Å². The topological polar surface area (TPSA) is 21.3 Å². The van der Waals surface area contributed by atoms with Gasteiger partial charge < -0.3 is 10.1 Å². The maximum absolute atomic E-state index is 12.7. The molecule has 1 heterocycles. The number of rotatable bonds is 0. The lowest BCUT2D eigenvalue weighted by Crippen LogP contribution is -2.16. The summed E-state index contributed by atoms with van der Waals surface area (Å²) < 4.78 is 18.1. The van der Waals surface area contributed by atoms with E-state index in [2.05, 4.69) is 5.32 Å². The molecule has 0 aliphatic carbocycles. The number of ether oxygens (including phenoxy) is 1. The minimum absolute atomic E-state index is 0. The zero-order valence-electron chi connectivity index (χ0n) is 7.05. The van der Waals surface area contributed by atoms with Crippen LogP contribution in [-0.4, -0.2) is 13.2 Å². The molecule has 1 aromatic rings. The molecule has 0 spiro atoms. The van der Waals surface area contributed by atoms with Gasteiger partial charge >= 0.3 is 0 Å². The van der Waals surface area contributed by atoms with Gasteiger partial charge in [0, 0.05) is 24.7 Å². The number of halogens is 2. The van der Waals surface area contributed by atoms with Gasteiger partial charge in [-0.25, -0.2) is 4.39 Å². The fourth-order valence-corrected chi connectivity index (χ4v) is 1.27. The van der Waals surface area contributed by atoms with Gasteiger partial charge in [0.25, 0.3) is 0 Å². The summed E-state index contributed by atoms with van der Waals surface area (Å²) in [5, 5.41) is 3.18. The molecule has 1 N–H and O–H groups in total. The molecule has 0 aromatic heterocycles. The van der Waals surface area contributed by atoms with E-state index in [1.807, 2.05) is 0 Å².